The van der Waals surface area contributed by atoms with Crippen molar-refractivity contribution >= 4 is 23.4 Å². The molecule has 0 atom stereocenters. The number of carbonyl (C=O) groups excluding carboxylic acids is 1. The standard InChI is InChI=1S/C19H15ClF3N3O3/c1-11-3-8-14(28-2)9-15(11)25-18(27)29-16-10-24-26(17(16)19(21,22)23)13-6-4-12(20)5-7-13/h3-10H,1-2H3,(H,25,27). The number of alkyl halides is 3. The summed E-state index contributed by atoms with van der Waals surface area (Å²) >= 11 is 5.78. The van der Waals surface area contributed by atoms with Crippen LogP contribution < -0.4 is 14.8 Å². The molecule has 0 aliphatic rings. The topological polar surface area (TPSA) is 65.4 Å². The molecule has 0 aliphatic carbocycles. The summed E-state index contributed by atoms with van der Waals surface area (Å²) in [7, 11) is 1.45. The zero-order valence-electron chi connectivity index (χ0n) is 15.2. The van der Waals surface area contributed by atoms with Crippen molar-refractivity contribution in [1.29, 1.82) is 0 Å². The normalized spacial score (nSPS) is 11.2. The van der Waals surface area contributed by atoms with Crippen LogP contribution in [0.2, 0.25) is 5.02 Å². The summed E-state index contributed by atoms with van der Waals surface area (Å²) in [4.78, 5) is 12.2. The Morgan fingerprint density at radius 1 is 1.17 bits per heavy atom. The van der Waals surface area contributed by atoms with Gasteiger partial charge in [-0.15, -0.1) is 0 Å². The molecule has 1 N–H and O–H groups in total. The van der Waals surface area contributed by atoms with Crippen molar-refractivity contribution in [2.75, 3.05) is 12.4 Å². The van der Waals surface area contributed by atoms with Crippen molar-refractivity contribution in [3.05, 3.63) is 64.9 Å². The lowest BCUT2D eigenvalue weighted by Gasteiger charge is -2.13. The number of aromatic nitrogens is 2. The van der Waals surface area contributed by atoms with Gasteiger partial charge in [-0.2, -0.15) is 18.3 Å². The summed E-state index contributed by atoms with van der Waals surface area (Å²) in [6.07, 6.45) is -5.09. The maximum absolute atomic E-state index is 13.6. The van der Waals surface area contributed by atoms with Crippen LogP contribution in [-0.2, 0) is 6.18 Å². The number of ether oxygens (including phenoxy) is 2. The van der Waals surface area contributed by atoms with Gasteiger partial charge in [-0.25, -0.2) is 9.48 Å². The van der Waals surface area contributed by atoms with Crippen molar-refractivity contribution in [3.63, 3.8) is 0 Å². The van der Waals surface area contributed by atoms with Crippen molar-refractivity contribution < 1.29 is 27.4 Å². The van der Waals surface area contributed by atoms with Crippen molar-refractivity contribution in [1.82, 2.24) is 9.78 Å². The molecule has 1 aromatic heterocycles. The predicted octanol–water partition coefficient (Wildman–Crippen LogP) is 5.47. The number of rotatable bonds is 4. The molecule has 0 spiro atoms. The molecule has 0 saturated heterocycles. The number of aryl methyl sites for hydroxylation is 1. The van der Waals surface area contributed by atoms with Gasteiger partial charge in [0.1, 0.15) is 5.75 Å². The molecule has 2 aromatic carbocycles. The quantitative estimate of drug-likeness (QED) is 0.601. The maximum Gasteiger partial charge on any atom is 0.437 e. The summed E-state index contributed by atoms with van der Waals surface area (Å²) in [5, 5.41) is 6.48. The van der Waals surface area contributed by atoms with E-state index in [4.69, 9.17) is 21.1 Å². The first-order valence-corrected chi connectivity index (χ1v) is 8.61. The van der Waals surface area contributed by atoms with E-state index in [-0.39, 0.29) is 5.69 Å². The molecule has 152 valence electrons. The predicted molar refractivity (Wildman–Crippen MR) is 101 cm³/mol. The molecule has 6 nitrogen and oxygen atoms in total. The highest BCUT2D eigenvalue weighted by molar-refractivity contribution is 6.30. The summed E-state index contributed by atoms with van der Waals surface area (Å²) in [5.74, 6) is -0.261. The van der Waals surface area contributed by atoms with E-state index in [1.807, 2.05) is 0 Å². The molecule has 0 unspecified atom stereocenters. The molecular formula is C19H15ClF3N3O3. The van der Waals surface area contributed by atoms with Crippen LogP contribution in [0.3, 0.4) is 0 Å². The van der Waals surface area contributed by atoms with Gasteiger partial charge in [0.25, 0.3) is 0 Å². The van der Waals surface area contributed by atoms with Crippen LogP contribution in [0.1, 0.15) is 11.3 Å². The summed E-state index contributed by atoms with van der Waals surface area (Å²) < 4.78 is 51.5. The van der Waals surface area contributed by atoms with Crippen LogP contribution in [0, 0.1) is 6.92 Å². The van der Waals surface area contributed by atoms with Crippen LogP contribution in [0.4, 0.5) is 23.7 Å². The number of methoxy groups -OCH3 is 1. The van der Waals surface area contributed by atoms with Gasteiger partial charge in [-0.05, 0) is 42.8 Å². The van der Waals surface area contributed by atoms with Crippen molar-refractivity contribution in [2.45, 2.75) is 13.1 Å². The van der Waals surface area contributed by atoms with E-state index in [0.29, 0.717) is 26.7 Å². The second kappa shape index (κ2) is 8.04. The van der Waals surface area contributed by atoms with Gasteiger partial charge in [0.15, 0.2) is 11.4 Å². The van der Waals surface area contributed by atoms with Crippen LogP contribution >= 0.6 is 11.6 Å². The molecule has 3 aromatic rings. The lowest BCUT2D eigenvalue weighted by atomic mass is 10.2. The zero-order valence-corrected chi connectivity index (χ0v) is 16.0. The molecule has 0 saturated carbocycles. The first kappa shape index (κ1) is 20.5. The number of hydrogen-bond donors (Lipinski definition) is 1. The van der Waals surface area contributed by atoms with E-state index < -0.39 is 23.7 Å². The third-order valence-corrected chi connectivity index (χ3v) is 4.21. The number of halogens is 4. The van der Waals surface area contributed by atoms with E-state index in [1.165, 1.54) is 37.4 Å². The minimum Gasteiger partial charge on any atom is -0.497 e. The number of carbonyl (C=O) groups is 1. The van der Waals surface area contributed by atoms with E-state index in [2.05, 4.69) is 10.4 Å². The molecule has 1 amide bonds. The number of hydrogen-bond acceptors (Lipinski definition) is 4. The minimum atomic E-state index is -4.82. The Morgan fingerprint density at radius 2 is 1.86 bits per heavy atom. The Bertz CT molecular complexity index is 1030. The first-order chi connectivity index (χ1) is 13.7. The highest BCUT2D eigenvalue weighted by Gasteiger charge is 2.40. The highest BCUT2D eigenvalue weighted by atomic mass is 35.5. The monoisotopic (exact) mass is 425 g/mol. The molecule has 0 aliphatic heterocycles. The van der Waals surface area contributed by atoms with Gasteiger partial charge in [-0.1, -0.05) is 17.7 Å². The zero-order chi connectivity index (χ0) is 21.2. The Labute approximate surface area is 168 Å². The van der Waals surface area contributed by atoms with Crippen LogP contribution in [0.15, 0.2) is 48.7 Å². The second-order valence-corrected chi connectivity index (χ2v) is 6.38. The number of amides is 1. The average Bonchev–Trinajstić information content (AvgIpc) is 3.08. The first-order valence-electron chi connectivity index (χ1n) is 8.23. The Hall–Kier alpha value is -3.20. The van der Waals surface area contributed by atoms with E-state index in [0.717, 1.165) is 6.20 Å². The van der Waals surface area contributed by atoms with Gasteiger partial charge >= 0.3 is 12.3 Å². The van der Waals surface area contributed by atoms with Crippen molar-refractivity contribution in [3.8, 4) is 17.2 Å². The van der Waals surface area contributed by atoms with Crippen molar-refractivity contribution in [2.24, 2.45) is 0 Å². The van der Waals surface area contributed by atoms with E-state index in [9.17, 15) is 18.0 Å². The molecule has 29 heavy (non-hydrogen) atoms. The molecule has 1 heterocycles. The van der Waals surface area contributed by atoms with Crippen LogP contribution in [-0.4, -0.2) is 23.0 Å². The molecular weight excluding hydrogens is 411 g/mol. The van der Waals surface area contributed by atoms with Crippen LogP contribution in [0.5, 0.6) is 11.5 Å². The Morgan fingerprint density at radius 3 is 2.48 bits per heavy atom. The van der Waals surface area contributed by atoms with E-state index >= 15 is 0 Å². The number of anilines is 1. The maximum atomic E-state index is 13.6. The summed E-state index contributed by atoms with van der Waals surface area (Å²) in [5.41, 5.74) is -0.0957. The number of nitrogens with one attached hydrogen (secondary N) is 1. The van der Waals surface area contributed by atoms with Gasteiger partial charge in [0.05, 0.1) is 24.7 Å². The number of nitrogens with zero attached hydrogens (tertiary/aromatic N) is 2. The van der Waals surface area contributed by atoms with Gasteiger partial charge in [0.2, 0.25) is 0 Å². The van der Waals surface area contributed by atoms with E-state index in [1.54, 1.807) is 19.1 Å². The third-order valence-electron chi connectivity index (χ3n) is 3.96. The largest absolute Gasteiger partial charge is 0.497 e. The molecule has 0 radical (unpaired) electrons. The molecule has 10 heteroatoms. The smallest absolute Gasteiger partial charge is 0.437 e. The minimum absolute atomic E-state index is 0.112. The lowest BCUT2D eigenvalue weighted by Crippen LogP contribution is -2.20. The molecule has 3 rings (SSSR count). The Kier molecular flexibility index (Phi) is 5.69. The summed E-state index contributed by atoms with van der Waals surface area (Å²) in [6, 6.07) is 10.5. The Balaban J connectivity index is 1.89. The highest BCUT2D eigenvalue weighted by Crippen LogP contribution is 2.38. The summed E-state index contributed by atoms with van der Waals surface area (Å²) in [6.45, 7) is 1.72. The van der Waals surface area contributed by atoms with Crippen LogP contribution in [0.25, 0.3) is 5.69 Å². The fourth-order valence-electron chi connectivity index (χ4n) is 2.54. The average molecular weight is 426 g/mol. The van der Waals surface area contributed by atoms with Gasteiger partial charge < -0.3 is 9.47 Å². The third kappa shape index (κ3) is 4.62. The fourth-order valence-corrected chi connectivity index (χ4v) is 2.67. The second-order valence-electron chi connectivity index (χ2n) is 5.94. The molecule has 0 fully saturated rings. The van der Waals surface area contributed by atoms with Gasteiger partial charge in [-0.3, -0.25) is 5.32 Å². The lowest BCUT2D eigenvalue weighted by molar-refractivity contribution is -0.143. The fraction of sp³-hybridized carbons (Fsp3) is 0.158. The number of benzene rings is 2. The molecule has 0 bridgehead atoms. The van der Waals surface area contributed by atoms with Gasteiger partial charge in [0, 0.05) is 11.1 Å². The SMILES string of the molecule is COc1ccc(C)c(NC(=O)Oc2cnn(-c3ccc(Cl)cc3)c2C(F)(F)F)c1.